The lowest BCUT2D eigenvalue weighted by Gasteiger charge is -2.18. The monoisotopic (exact) mass is 1120 g/mol. The minimum Gasteiger partial charge on any atom is -0.462 e. The van der Waals surface area contributed by atoms with E-state index in [1.165, 1.54) is 250 Å². The number of hydrogen-bond donors (Lipinski definition) is 0. The summed E-state index contributed by atoms with van der Waals surface area (Å²) in [6, 6.07) is 0. The van der Waals surface area contributed by atoms with Gasteiger partial charge in [-0.2, -0.15) is 0 Å². The highest BCUT2D eigenvalue weighted by Crippen LogP contribution is 2.19. The quantitative estimate of drug-likeness (QED) is 0.0261. The molecule has 466 valence electrons. The van der Waals surface area contributed by atoms with Gasteiger partial charge in [-0.15, -0.1) is 0 Å². The standard InChI is InChI=1S/C74H134O6/c1-4-7-10-13-16-19-22-25-28-31-32-33-34-35-36-37-38-39-40-41-42-44-46-49-52-55-58-61-64-67-73(76)79-70-71(69-78-72(75)66-63-60-57-54-51-48-45-30-27-24-21-18-15-12-9-6-3)80-74(77)68-65-62-59-56-53-50-47-43-29-26-23-20-17-14-11-8-5-2/h8,11,17,20,26,29,47,50,56,59,71H,4-7,9-10,12-16,18-19,21-25,27-28,30-46,48-49,51-55,57-58,60-70H2,1-3H3/b11-8-,20-17-,29-26-,50-47-,59-56-. The topological polar surface area (TPSA) is 78.9 Å². The second-order valence-electron chi connectivity index (χ2n) is 23.8. The molecule has 0 aliphatic rings. The van der Waals surface area contributed by atoms with E-state index >= 15 is 0 Å². The predicted octanol–water partition coefficient (Wildman–Crippen LogP) is 24.3. The summed E-state index contributed by atoms with van der Waals surface area (Å²) in [5.74, 6) is -0.927. The van der Waals surface area contributed by atoms with E-state index < -0.39 is 6.10 Å². The van der Waals surface area contributed by atoms with Crippen molar-refractivity contribution in [2.45, 2.75) is 380 Å². The molecule has 0 radical (unpaired) electrons. The molecule has 0 N–H and O–H groups in total. The maximum atomic E-state index is 12.9. The molecule has 6 heteroatoms. The summed E-state index contributed by atoms with van der Waals surface area (Å²) in [6.45, 7) is 6.55. The fraction of sp³-hybridized carbons (Fsp3) is 0.824. The first kappa shape index (κ1) is 77.1. The maximum Gasteiger partial charge on any atom is 0.306 e. The van der Waals surface area contributed by atoms with Gasteiger partial charge in [-0.05, 0) is 57.8 Å². The first-order valence-corrected chi connectivity index (χ1v) is 35.3. The molecule has 80 heavy (non-hydrogen) atoms. The summed E-state index contributed by atoms with van der Waals surface area (Å²) in [6.07, 6.45) is 88.4. The van der Waals surface area contributed by atoms with Crippen LogP contribution in [0.5, 0.6) is 0 Å². The van der Waals surface area contributed by atoms with E-state index in [2.05, 4.69) is 81.5 Å². The van der Waals surface area contributed by atoms with Crippen LogP contribution in [-0.4, -0.2) is 37.2 Å². The van der Waals surface area contributed by atoms with Crippen molar-refractivity contribution in [3.63, 3.8) is 0 Å². The van der Waals surface area contributed by atoms with Crippen molar-refractivity contribution < 1.29 is 28.6 Å². The number of esters is 3. The Bertz CT molecular complexity index is 1430. The number of ether oxygens (including phenoxy) is 3. The molecule has 0 aromatic heterocycles. The van der Waals surface area contributed by atoms with E-state index in [0.717, 1.165) is 77.0 Å². The highest BCUT2D eigenvalue weighted by molar-refractivity contribution is 5.71. The van der Waals surface area contributed by atoms with Crippen LogP contribution < -0.4 is 0 Å². The summed E-state index contributed by atoms with van der Waals surface area (Å²) in [5, 5.41) is 0. The molecule has 0 bridgehead atoms. The Kier molecular flexibility index (Phi) is 66.1. The third-order valence-electron chi connectivity index (χ3n) is 15.8. The van der Waals surface area contributed by atoms with Gasteiger partial charge in [0, 0.05) is 19.3 Å². The zero-order valence-electron chi connectivity index (χ0n) is 53.6. The largest absolute Gasteiger partial charge is 0.462 e. The van der Waals surface area contributed by atoms with Gasteiger partial charge in [-0.1, -0.05) is 358 Å². The highest BCUT2D eigenvalue weighted by atomic mass is 16.6. The lowest BCUT2D eigenvalue weighted by Crippen LogP contribution is -2.30. The third-order valence-corrected chi connectivity index (χ3v) is 15.8. The Hall–Kier alpha value is -2.89. The van der Waals surface area contributed by atoms with Gasteiger partial charge in [0.15, 0.2) is 6.10 Å². The molecule has 0 rings (SSSR count). The summed E-state index contributed by atoms with van der Waals surface area (Å²) >= 11 is 0. The zero-order chi connectivity index (χ0) is 57.8. The van der Waals surface area contributed by atoms with Gasteiger partial charge < -0.3 is 14.2 Å². The van der Waals surface area contributed by atoms with Crippen LogP contribution in [0.3, 0.4) is 0 Å². The molecule has 0 spiro atoms. The van der Waals surface area contributed by atoms with E-state index in [1.807, 2.05) is 0 Å². The van der Waals surface area contributed by atoms with Crippen LogP contribution in [0.2, 0.25) is 0 Å². The van der Waals surface area contributed by atoms with Gasteiger partial charge >= 0.3 is 17.9 Å². The van der Waals surface area contributed by atoms with E-state index in [1.54, 1.807) is 0 Å². The second-order valence-corrected chi connectivity index (χ2v) is 23.8. The molecule has 0 heterocycles. The Morgan fingerprint density at radius 3 is 0.750 bits per heavy atom. The molecule has 1 atom stereocenters. The minimum absolute atomic E-state index is 0.0920. The van der Waals surface area contributed by atoms with Crippen molar-refractivity contribution in [1.82, 2.24) is 0 Å². The Morgan fingerprint density at radius 1 is 0.263 bits per heavy atom. The SMILES string of the molecule is CC/C=C\C/C=C\C/C=C\C/C=C\C/C=C\CCCC(=O)OC(COC(=O)CCCCCCCCCCCCCCCCCC)COC(=O)CCCCCCCCCCCCCCCCCCCCCCCCCCCCCCC. The van der Waals surface area contributed by atoms with Crippen LogP contribution in [-0.2, 0) is 28.6 Å². The Morgan fingerprint density at radius 2 is 0.487 bits per heavy atom. The van der Waals surface area contributed by atoms with Gasteiger partial charge in [0.25, 0.3) is 0 Å². The molecule has 0 saturated heterocycles. The van der Waals surface area contributed by atoms with Crippen molar-refractivity contribution in [3.8, 4) is 0 Å². The van der Waals surface area contributed by atoms with Crippen LogP contribution >= 0.6 is 0 Å². The first-order valence-electron chi connectivity index (χ1n) is 35.3. The fourth-order valence-electron chi connectivity index (χ4n) is 10.5. The van der Waals surface area contributed by atoms with Gasteiger partial charge in [0.05, 0.1) is 0 Å². The Labute approximate surface area is 498 Å². The van der Waals surface area contributed by atoms with Crippen LogP contribution in [0.15, 0.2) is 60.8 Å². The third kappa shape index (κ3) is 65.9. The van der Waals surface area contributed by atoms with E-state index in [9.17, 15) is 14.4 Å². The van der Waals surface area contributed by atoms with Crippen LogP contribution in [0.4, 0.5) is 0 Å². The van der Waals surface area contributed by atoms with E-state index in [4.69, 9.17) is 14.2 Å². The molecular weight excluding hydrogens is 985 g/mol. The average molecular weight is 1120 g/mol. The zero-order valence-corrected chi connectivity index (χ0v) is 53.6. The fourth-order valence-corrected chi connectivity index (χ4v) is 10.5. The second kappa shape index (κ2) is 68.6. The maximum absolute atomic E-state index is 12.9. The van der Waals surface area contributed by atoms with Crippen LogP contribution in [0.25, 0.3) is 0 Å². The molecule has 0 saturated carbocycles. The van der Waals surface area contributed by atoms with Gasteiger partial charge in [0.1, 0.15) is 13.2 Å². The van der Waals surface area contributed by atoms with Crippen molar-refractivity contribution in [1.29, 1.82) is 0 Å². The van der Waals surface area contributed by atoms with Crippen molar-refractivity contribution in [2.75, 3.05) is 13.2 Å². The van der Waals surface area contributed by atoms with Crippen LogP contribution in [0.1, 0.15) is 374 Å². The number of hydrogen-bond acceptors (Lipinski definition) is 6. The molecule has 0 amide bonds. The van der Waals surface area contributed by atoms with Crippen LogP contribution in [0, 0.1) is 0 Å². The molecule has 0 fully saturated rings. The number of allylic oxidation sites excluding steroid dienone is 10. The molecule has 6 nitrogen and oxygen atoms in total. The van der Waals surface area contributed by atoms with Gasteiger partial charge in [-0.3, -0.25) is 14.4 Å². The predicted molar refractivity (Wildman–Crippen MR) is 348 cm³/mol. The minimum atomic E-state index is -0.802. The van der Waals surface area contributed by atoms with Gasteiger partial charge in [-0.25, -0.2) is 0 Å². The normalized spacial score (nSPS) is 12.4. The molecule has 0 aliphatic heterocycles. The summed E-state index contributed by atoms with van der Waals surface area (Å²) < 4.78 is 16.9. The lowest BCUT2D eigenvalue weighted by molar-refractivity contribution is -0.167. The van der Waals surface area contributed by atoms with Gasteiger partial charge in [0.2, 0.25) is 0 Å². The number of carbonyl (C=O) groups is 3. The Balaban J connectivity index is 4.25. The lowest BCUT2D eigenvalue weighted by atomic mass is 10.0. The number of rotatable bonds is 65. The number of carbonyl (C=O) groups excluding carboxylic acids is 3. The summed E-state index contributed by atoms with van der Waals surface area (Å²) in [7, 11) is 0. The number of unbranched alkanes of at least 4 members (excludes halogenated alkanes) is 44. The highest BCUT2D eigenvalue weighted by Gasteiger charge is 2.19. The average Bonchev–Trinajstić information content (AvgIpc) is 3.46. The van der Waals surface area contributed by atoms with E-state index in [0.29, 0.717) is 19.3 Å². The molecule has 0 aromatic carbocycles. The summed E-state index contributed by atoms with van der Waals surface area (Å²) in [4.78, 5) is 38.4. The van der Waals surface area contributed by atoms with Crippen molar-refractivity contribution in [2.24, 2.45) is 0 Å². The molecular formula is C74H134O6. The molecule has 0 aromatic rings. The first-order chi connectivity index (χ1) is 39.5. The molecule has 1 unspecified atom stereocenters. The smallest absolute Gasteiger partial charge is 0.306 e. The van der Waals surface area contributed by atoms with Crippen molar-refractivity contribution >= 4 is 17.9 Å². The summed E-state index contributed by atoms with van der Waals surface area (Å²) in [5.41, 5.74) is 0. The van der Waals surface area contributed by atoms with E-state index in [-0.39, 0.29) is 37.5 Å². The molecule has 0 aliphatic carbocycles. The van der Waals surface area contributed by atoms with Crippen molar-refractivity contribution in [3.05, 3.63) is 60.8 Å².